The van der Waals surface area contributed by atoms with Crippen LogP contribution in [-0.4, -0.2) is 29.1 Å². The van der Waals surface area contributed by atoms with E-state index < -0.39 is 5.97 Å². The fourth-order valence-electron chi connectivity index (χ4n) is 2.08. The van der Waals surface area contributed by atoms with Gasteiger partial charge in [-0.2, -0.15) is 0 Å². The molecule has 92 valence electrons. The summed E-state index contributed by atoms with van der Waals surface area (Å²) in [6, 6.07) is 4.86. The molecule has 0 spiro atoms. The lowest BCUT2D eigenvalue weighted by atomic mass is 10.1. The van der Waals surface area contributed by atoms with Crippen molar-refractivity contribution in [2.24, 2.45) is 5.92 Å². The molecule has 0 saturated carbocycles. The lowest BCUT2D eigenvalue weighted by Crippen LogP contribution is -2.23. The van der Waals surface area contributed by atoms with Crippen LogP contribution in [0, 0.1) is 11.7 Å². The fourth-order valence-corrected chi connectivity index (χ4v) is 2.55. The zero-order valence-corrected chi connectivity index (χ0v) is 10.8. The molecule has 1 N–H and O–H groups in total. The summed E-state index contributed by atoms with van der Waals surface area (Å²) < 4.78 is 14.3. The van der Waals surface area contributed by atoms with Crippen LogP contribution in [0.4, 0.5) is 4.39 Å². The molecule has 1 heterocycles. The molecular weight excluding hydrogens is 289 g/mol. The van der Waals surface area contributed by atoms with Crippen molar-refractivity contribution in [1.82, 2.24) is 4.90 Å². The van der Waals surface area contributed by atoms with E-state index in [1.165, 1.54) is 6.07 Å². The van der Waals surface area contributed by atoms with E-state index >= 15 is 0 Å². The quantitative estimate of drug-likeness (QED) is 0.932. The van der Waals surface area contributed by atoms with Crippen LogP contribution in [-0.2, 0) is 11.3 Å². The Morgan fingerprint density at radius 1 is 1.59 bits per heavy atom. The van der Waals surface area contributed by atoms with Crippen LogP contribution in [0.25, 0.3) is 0 Å². The topological polar surface area (TPSA) is 40.5 Å². The van der Waals surface area contributed by atoms with E-state index in [1.807, 2.05) is 4.90 Å². The first-order chi connectivity index (χ1) is 8.08. The first kappa shape index (κ1) is 12.5. The first-order valence-electron chi connectivity index (χ1n) is 5.46. The minimum Gasteiger partial charge on any atom is -0.481 e. The van der Waals surface area contributed by atoms with Crippen LogP contribution < -0.4 is 0 Å². The van der Waals surface area contributed by atoms with Crippen molar-refractivity contribution >= 4 is 21.9 Å². The average molecular weight is 302 g/mol. The summed E-state index contributed by atoms with van der Waals surface area (Å²) in [5, 5.41) is 8.90. The smallest absolute Gasteiger partial charge is 0.307 e. The van der Waals surface area contributed by atoms with Gasteiger partial charge in [0.25, 0.3) is 0 Å². The number of carboxylic acid groups (broad SMARTS) is 1. The van der Waals surface area contributed by atoms with E-state index in [0.29, 0.717) is 31.6 Å². The van der Waals surface area contributed by atoms with Crippen molar-refractivity contribution < 1.29 is 14.3 Å². The van der Waals surface area contributed by atoms with E-state index in [-0.39, 0.29) is 11.7 Å². The van der Waals surface area contributed by atoms with Crippen molar-refractivity contribution in [3.63, 3.8) is 0 Å². The van der Waals surface area contributed by atoms with E-state index in [2.05, 4.69) is 15.9 Å². The predicted molar refractivity (Wildman–Crippen MR) is 65.1 cm³/mol. The number of rotatable bonds is 3. The number of hydrogen-bond acceptors (Lipinski definition) is 2. The molecule has 3 nitrogen and oxygen atoms in total. The van der Waals surface area contributed by atoms with Crippen molar-refractivity contribution in [3.8, 4) is 0 Å². The molecule has 0 radical (unpaired) electrons. The molecule has 0 aromatic heterocycles. The molecule has 5 heteroatoms. The standard InChI is InChI=1S/C12H13BrFNO2/c13-10-2-1-3-11(14)9(10)7-15-5-4-8(6-15)12(16)17/h1-3,8H,4-7H2,(H,16,17). The second-order valence-corrected chi connectivity index (χ2v) is 5.11. The SMILES string of the molecule is O=C(O)C1CCN(Cc2c(F)cccc2Br)C1. The Hall–Kier alpha value is -0.940. The van der Waals surface area contributed by atoms with E-state index in [1.54, 1.807) is 12.1 Å². The van der Waals surface area contributed by atoms with Gasteiger partial charge in [0.15, 0.2) is 0 Å². The normalized spacial score (nSPS) is 20.7. The Bertz CT molecular complexity index is 418. The van der Waals surface area contributed by atoms with Gasteiger partial charge in [-0.25, -0.2) is 4.39 Å². The number of hydrogen-bond donors (Lipinski definition) is 1. The highest BCUT2D eigenvalue weighted by atomic mass is 79.9. The predicted octanol–water partition coefficient (Wildman–Crippen LogP) is 2.49. The van der Waals surface area contributed by atoms with Crippen molar-refractivity contribution in [1.29, 1.82) is 0 Å². The summed E-state index contributed by atoms with van der Waals surface area (Å²) in [6.07, 6.45) is 0.640. The Balaban J connectivity index is 2.05. The molecule has 1 aromatic carbocycles. The Morgan fingerprint density at radius 2 is 2.35 bits per heavy atom. The third-order valence-corrected chi connectivity index (χ3v) is 3.81. The third-order valence-electron chi connectivity index (χ3n) is 3.07. The van der Waals surface area contributed by atoms with Gasteiger partial charge in [-0.15, -0.1) is 0 Å². The second-order valence-electron chi connectivity index (χ2n) is 4.26. The summed E-state index contributed by atoms with van der Waals surface area (Å²) in [4.78, 5) is 12.8. The summed E-state index contributed by atoms with van der Waals surface area (Å²) in [7, 11) is 0. The number of halogens is 2. The van der Waals surface area contributed by atoms with Gasteiger partial charge in [-0.1, -0.05) is 22.0 Å². The number of benzene rings is 1. The van der Waals surface area contributed by atoms with E-state index in [0.717, 1.165) is 4.47 Å². The molecule has 1 fully saturated rings. The Morgan fingerprint density at radius 3 is 2.94 bits per heavy atom. The van der Waals surface area contributed by atoms with Crippen LogP contribution in [0.1, 0.15) is 12.0 Å². The molecular formula is C12H13BrFNO2. The maximum absolute atomic E-state index is 13.6. The van der Waals surface area contributed by atoms with E-state index in [9.17, 15) is 9.18 Å². The van der Waals surface area contributed by atoms with Gasteiger partial charge < -0.3 is 5.11 Å². The number of likely N-dealkylation sites (tertiary alicyclic amines) is 1. The molecule has 0 amide bonds. The number of nitrogens with zero attached hydrogens (tertiary/aromatic N) is 1. The van der Waals surface area contributed by atoms with Crippen molar-refractivity contribution in [3.05, 3.63) is 34.1 Å². The summed E-state index contributed by atoms with van der Waals surface area (Å²) in [5.74, 6) is -1.33. The van der Waals surface area contributed by atoms with Crippen molar-refractivity contribution in [2.75, 3.05) is 13.1 Å². The highest BCUT2D eigenvalue weighted by Gasteiger charge is 2.28. The summed E-state index contributed by atoms with van der Waals surface area (Å²) in [5.41, 5.74) is 0.596. The van der Waals surface area contributed by atoms with Crippen LogP contribution in [0.3, 0.4) is 0 Å². The largest absolute Gasteiger partial charge is 0.481 e. The molecule has 1 aromatic rings. The molecule has 17 heavy (non-hydrogen) atoms. The van der Waals surface area contributed by atoms with Gasteiger partial charge >= 0.3 is 5.97 Å². The van der Waals surface area contributed by atoms with Crippen LogP contribution >= 0.6 is 15.9 Å². The number of aliphatic carboxylic acids is 1. The highest BCUT2D eigenvalue weighted by molar-refractivity contribution is 9.10. The fraction of sp³-hybridized carbons (Fsp3) is 0.417. The highest BCUT2D eigenvalue weighted by Crippen LogP contribution is 2.24. The van der Waals surface area contributed by atoms with Crippen LogP contribution in [0.2, 0.25) is 0 Å². The zero-order valence-electron chi connectivity index (χ0n) is 9.20. The van der Waals surface area contributed by atoms with Gasteiger partial charge in [-0.05, 0) is 25.1 Å². The third kappa shape index (κ3) is 2.84. The molecule has 0 bridgehead atoms. The minimum absolute atomic E-state index is 0.252. The van der Waals surface area contributed by atoms with Gasteiger partial charge in [0.05, 0.1) is 5.92 Å². The maximum atomic E-state index is 13.6. The van der Waals surface area contributed by atoms with Gasteiger partial charge in [0.2, 0.25) is 0 Å². The van der Waals surface area contributed by atoms with E-state index in [4.69, 9.17) is 5.11 Å². The second kappa shape index (κ2) is 5.14. The van der Waals surface area contributed by atoms with Crippen LogP contribution in [0.15, 0.2) is 22.7 Å². The molecule has 1 aliphatic rings. The molecule has 1 aliphatic heterocycles. The zero-order chi connectivity index (χ0) is 12.4. The molecule has 0 aliphatic carbocycles. The lowest BCUT2D eigenvalue weighted by molar-refractivity contribution is -0.141. The molecule has 1 saturated heterocycles. The summed E-state index contributed by atoms with van der Waals surface area (Å²) in [6.45, 7) is 1.66. The number of carbonyl (C=O) groups is 1. The molecule has 2 rings (SSSR count). The molecule has 1 atom stereocenters. The number of carboxylic acids is 1. The molecule has 1 unspecified atom stereocenters. The Kier molecular flexibility index (Phi) is 3.79. The van der Waals surface area contributed by atoms with Gasteiger partial charge in [0.1, 0.15) is 5.82 Å². The monoisotopic (exact) mass is 301 g/mol. The minimum atomic E-state index is -0.764. The maximum Gasteiger partial charge on any atom is 0.307 e. The first-order valence-corrected chi connectivity index (χ1v) is 6.25. The van der Waals surface area contributed by atoms with Gasteiger partial charge in [0, 0.05) is 23.1 Å². The lowest BCUT2D eigenvalue weighted by Gasteiger charge is -2.16. The van der Waals surface area contributed by atoms with Crippen molar-refractivity contribution in [2.45, 2.75) is 13.0 Å². The Labute approximate surface area is 107 Å². The average Bonchev–Trinajstić information content (AvgIpc) is 2.72. The van der Waals surface area contributed by atoms with Crippen LogP contribution in [0.5, 0.6) is 0 Å². The summed E-state index contributed by atoms with van der Waals surface area (Å²) >= 11 is 3.32. The van der Waals surface area contributed by atoms with Gasteiger partial charge in [-0.3, -0.25) is 9.69 Å².